The smallest absolute Gasteiger partial charge is 0.161 e. The Morgan fingerprint density at radius 2 is 1.57 bits per heavy atom. The van der Waals surface area contributed by atoms with Gasteiger partial charge in [0.25, 0.3) is 0 Å². The summed E-state index contributed by atoms with van der Waals surface area (Å²) in [5.41, 5.74) is 4.72. The third-order valence-electron chi connectivity index (χ3n) is 6.21. The van der Waals surface area contributed by atoms with E-state index in [1.54, 1.807) is 0 Å². The van der Waals surface area contributed by atoms with Crippen LogP contribution in [0.5, 0.6) is 11.5 Å². The van der Waals surface area contributed by atoms with Crippen LogP contribution in [0.1, 0.15) is 70.8 Å². The van der Waals surface area contributed by atoms with Crippen molar-refractivity contribution in [2.24, 2.45) is 0 Å². The molecule has 0 bridgehead atoms. The van der Waals surface area contributed by atoms with Gasteiger partial charge < -0.3 is 14.4 Å². The summed E-state index contributed by atoms with van der Waals surface area (Å²) in [6.45, 7) is 6.43. The Labute approximate surface area is 178 Å². The van der Waals surface area contributed by atoms with E-state index in [0.29, 0.717) is 30.9 Å². The highest BCUT2D eigenvalue weighted by Gasteiger charge is 2.42. The molecule has 0 amide bonds. The summed E-state index contributed by atoms with van der Waals surface area (Å²) in [5, 5.41) is 0. The van der Waals surface area contributed by atoms with E-state index in [1.165, 1.54) is 0 Å². The average molecular weight is 410 g/mol. The number of rotatable bonds is 5. The van der Waals surface area contributed by atoms with Crippen molar-refractivity contribution >= 4 is 11.6 Å². The SMILES string of the molecule is CCOc1cc(C2C3=C(CCCC3=O)N(C)C3=C2C(=O)CCC3)ccc1OC(C)C. The molecule has 0 N–H and O–H groups in total. The largest absolute Gasteiger partial charge is 0.490 e. The van der Waals surface area contributed by atoms with E-state index in [1.807, 2.05) is 46.0 Å². The Hall–Kier alpha value is -2.56. The maximum Gasteiger partial charge on any atom is 0.161 e. The molecule has 5 heteroatoms. The number of ketones is 2. The van der Waals surface area contributed by atoms with Gasteiger partial charge in [-0.2, -0.15) is 0 Å². The first-order chi connectivity index (χ1) is 14.4. The lowest BCUT2D eigenvalue weighted by Crippen LogP contribution is -2.37. The number of hydrogen-bond acceptors (Lipinski definition) is 5. The molecule has 1 aromatic carbocycles. The number of Topliss-reactive ketones (excluding diaryl/α,β-unsaturated/α-hetero) is 2. The van der Waals surface area contributed by atoms with Crippen LogP contribution in [0.25, 0.3) is 0 Å². The van der Waals surface area contributed by atoms with Gasteiger partial charge in [-0.05, 0) is 64.2 Å². The summed E-state index contributed by atoms with van der Waals surface area (Å²) in [6, 6.07) is 5.88. The predicted molar refractivity (Wildman–Crippen MR) is 116 cm³/mol. The Morgan fingerprint density at radius 3 is 2.10 bits per heavy atom. The zero-order valence-corrected chi connectivity index (χ0v) is 18.4. The maximum absolute atomic E-state index is 13.1. The third-order valence-corrected chi connectivity index (χ3v) is 6.21. The van der Waals surface area contributed by atoms with Crippen LogP contribution in [0, 0.1) is 0 Å². The molecule has 0 fully saturated rings. The molecule has 30 heavy (non-hydrogen) atoms. The molecule has 0 aromatic heterocycles. The number of carbonyl (C=O) groups is 2. The normalized spacial score (nSPS) is 20.0. The minimum atomic E-state index is -0.306. The fourth-order valence-corrected chi connectivity index (χ4v) is 5.01. The van der Waals surface area contributed by atoms with E-state index in [9.17, 15) is 9.59 Å². The quantitative estimate of drug-likeness (QED) is 0.691. The van der Waals surface area contributed by atoms with Crippen molar-refractivity contribution in [3.8, 4) is 11.5 Å². The number of hydrogen-bond donors (Lipinski definition) is 0. The average Bonchev–Trinajstić information content (AvgIpc) is 2.71. The summed E-state index contributed by atoms with van der Waals surface area (Å²) in [7, 11) is 2.02. The van der Waals surface area contributed by atoms with Crippen LogP contribution in [0.15, 0.2) is 40.7 Å². The number of nitrogens with zero attached hydrogens (tertiary/aromatic N) is 1. The molecule has 0 radical (unpaired) electrons. The molecule has 2 aliphatic carbocycles. The van der Waals surface area contributed by atoms with Crippen LogP contribution in [0.2, 0.25) is 0 Å². The number of carbonyl (C=O) groups excluding carboxylic acids is 2. The fourth-order valence-electron chi connectivity index (χ4n) is 5.01. The lowest BCUT2D eigenvalue weighted by Gasteiger charge is -2.42. The van der Waals surface area contributed by atoms with E-state index in [4.69, 9.17) is 9.47 Å². The van der Waals surface area contributed by atoms with E-state index in [-0.39, 0.29) is 23.6 Å². The Balaban J connectivity index is 1.88. The van der Waals surface area contributed by atoms with Crippen molar-refractivity contribution in [3.63, 3.8) is 0 Å². The van der Waals surface area contributed by atoms with Gasteiger partial charge in [-0.25, -0.2) is 0 Å². The van der Waals surface area contributed by atoms with Crippen molar-refractivity contribution in [2.75, 3.05) is 13.7 Å². The van der Waals surface area contributed by atoms with Gasteiger partial charge in [0, 0.05) is 48.3 Å². The Morgan fingerprint density at radius 1 is 0.967 bits per heavy atom. The third kappa shape index (κ3) is 3.55. The zero-order chi connectivity index (χ0) is 21.4. The van der Waals surface area contributed by atoms with Crippen molar-refractivity contribution < 1.29 is 19.1 Å². The molecule has 0 spiro atoms. The molecule has 0 atom stereocenters. The van der Waals surface area contributed by atoms with Gasteiger partial charge in [-0.3, -0.25) is 9.59 Å². The first-order valence-electron chi connectivity index (χ1n) is 11.1. The molecule has 1 aliphatic heterocycles. The van der Waals surface area contributed by atoms with Crippen LogP contribution < -0.4 is 9.47 Å². The van der Waals surface area contributed by atoms with Gasteiger partial charge in [0.2, 0.25) is 0 Å². The second-order valence-corrected chi connectivity index (χ2v) is 8.57. The van der Waals surface area contributed by atoms with Crippen LogP contribution in [-0.4, -0.2) is 36.2 Å². The van der Waals surface area contributed by atoms with E-state index in [2.05, 4.69) is 4.90 Å². The molecule has 4 rings (SSSR count). The van der Waals surface area contributed by atoms with Crippen LogP contribution >= 0.6 is 0 Å². The highest BCUT2D eigenvalue weighted by Crippen LogP contribution is 2.49. The number of benzene rings is 1. The van der Waals surface area contributed by atoms with Crippen molar-refractivity contribution in [1.29, 1.82) is 0 Å². The lowest BCUT2D eigenvalue weighted by atomic mass is 9.71. The molecule has 160 valence electrons. The van der Waals surface area contributed by atoms with Crippen LogP contribution in [0.4, 0.5) is 0 Å². The molecule has 1 aromatic rings. The van der Waals surface area contributed by atoms with Gasteiger partial charge in [0.05, 0.1) is 12.7 Å². The summed E-state index contributed by atoms with van der Waals surface area (Å²) < 4.78 is 11.8. The molecule has 1 heterocycles. The van der Waals surface area contributed by atoms with Crippen molar-refractivity contribution in [2.45, 2.75) is 71.3 Å². The second-order valence-electron chi connectivity index (χ2n) is 8.57. The maximum atomic E-state index is 13.1. The second kappa shape index (κ2) is 8.29. The van der Waals surface area contributed by atoms with Gasteiger partial charge in [0.1, 0.15) is 0 Å². The van der Waals surface area contributed by atoms with Crippen LogP contribution in [0.3, 0.4) is 0 Å². The van der Waals surface area contributed by atoms with Gasteiger partial charge in [0.15, 0.2) is 23.1 Å². The summed E-state index contributed by atoms with van der Waals surface area (Å²) in [6.07, 6.45) is 4.63. The van der Waals surface area contributed by atoms with E-state index in [0.717, 1.165) is 53.8 Å². The molecular formula is C25H31NO4. The molecule has 0 saturated heterocycles. The van der Waals surface area contributed by atoms with Gasteiger partial charge in [-0.1, -0.05) is 6.07 Å². The molecular weight excluding hydrogens is 378 g/mol. The van der Waals surface area contributed by atoms with Crippen molar-refractivity contribution in [3.05, 3.63) is 46.3 Å². The van der Waals surface area contributed by atoms with Crippen LogP contribution in [-0.2, 0) is 9.59 Å². The first-order valence-corrected chi connectivity index (χ1v) is 11.1. The Bertz CT molecular complexity index is 896. The predicted octanol–water partition coefficient (Wildman–Crippen LogP) is 4.92. The lowest BCUT2D eigenvalue weighted by molar-refractivity contribution is -0.117. The molecule has 3 aliphatic rings. The summed E-state index contributed by atoms with van der Waals surface area (Å²) in [5.74, 6) is 1.38. The Kier molecular flexibility index (Phi) is 5.72. The number of ether oxygens (including phenoxy) is 2. The highest BCUT2D eigenvalue weighted by molar-refractivity contribution is 6.06. The van der Waals surface area contributed by atoms with Gasteiger partial charge >= 0.3 is 0 Å². The standard InChI is InChI=1S/C25H31NO4/c1-5-29-22-14-16(12-13-21(22)30-15(2)3)23-24-17(8-6-10-19(24)27)26(4)18-9-7-11-20(28)25(18)23/h12-15,23H,5-11H2,1-4H3. The van der Waals surface area contributed by atoms with Gasteiger partial charge in [-0.15, -0.1) is 0 Å². The minimum Gasteiger partial charge on any atom is -0.490 e. The summed E-state index contributed by atoms with van der Waals surface area (Å²) >= 11 is 0. The zero-order valence-electron chi connectivity index (χ0n) is 18.4. The monoisotopic (exact) mass is 409 g/mol. The molecule has 0 unspecified atom stereocenters. The fraction of sp³-hybridized carbons (Fsp3) is 0.520. The highest BCUT2D eigenvalue weighted by atomic mass is 16.5. The minimum absolute atomic E-state index is 0.0295. The van der Waals surface area contributed by atoms with Crippen molar-refractivity contribution in [1.82, 2.24) is 4.90 Å². The summed E-state index contributed by atoms with van der Waals surface area (Å²) in [4.78, 5) is 28.3. The first kappa shape index (κ1) is 20.7. The molecule has 5 nitrogen and oxygen atoms in total. The van der Waals surface area contributed by atoms with E-state index >= 15 is 0 Å². The topological polar surface area (TPSA) is 55.8 Å². The van der Waals surface area contributed by atoms with E-state index < -0.39 is 0 Å². The molecule has 0 saturated carbocycles. The number of allylic oxidation sites excluding steroid dienone is 4.